The maximum atomic E-state index is 5.86. The lowest BCUT2D eigenvalue weighted by Gasteiger charge is -2.08. The Kier molecular flexibility index (Phi) is 4.01. The van der Waals surface area contributed by atoms with Crippen LogP contribution in [0.4, 0.5) is 0 Å². The Morgan fingerprint density at radius 1 is 1.54 bits per heavy atom. The van der Waals surface area contributed by atoms with E-state index >= 15 is 0 Å². The third kappa shape index (κ3) is 3.73. The van der Waals surface area contributed by atoms with Crippen LogP contribution in [0.25, 0.3) is 0 Å². The van der Waals surface area contributed by atoms with E-state index in [4.69, 9.17) is 12.2 Å². The largest absolute Gasteiger partial charge is 0.327 e. The zero-order chi connectivity index (χ0) is 9.52. The highest BCUT2D eigenvalue weighted by atomic mass is 14.7. The predicted octanol–water partition coefficient (Wildman–Crippen LogP) is 1.36. The van der Waals surface area contributed by atoms with Gasteiger partial charge in [0.15, 0.2) is 0 Å². The van der Waals surface area contributed by atoms with Gasteiger partial charge in [0, 0.05) is 30.8 Å². The van der Waals surface area contributed by atoms with E-state index in [2.05, 4.69) is 10.9 Å². The van der Waals surface area contributed by atoms with Crippen molar-refractivity contribution in [2.75, 3.05) is 0 Å². The Bertz CT molecular complexity index is 274. The smallest absolute Gasteiger partial charge is 0.0419 e. The minimum Gasteiger partial charge on any atom is -0.327 e. The van der Waals surface area contributed by atoms with Crippen molar-refractivity contribution in [3.63, 3.8) is 0 Å². The highest BCUT2D eigenvalue weighted by Crippen LogP contribution is 2.02. The standard InChI is InChI=1S/C11H14N2/c1-2-3-6-10(12)9-11-7-4-5-8-13-11/h1,4-5,7-8,10H,3,6,9,12H2. The molecule has 2 nitrogen and oxygen atoms in total. The van der Waals surface area contributed by atoms with Crippen LogP contribution in [-0.2, 0) is 6.42 Å². The summed E-state index contributed by atoms with van der Waals surface area (Å²) in [6.45, 7) is 0. The van der Waals surface area contributed by atoms with Crippen LogP contribution in [0.2, 0.25) is 0 Å². The molecule has 1 unspecified atom stereocenters. The Morgan fingerprint density at radius 2 is 2.38 bits per heavy atom. The molecule has 13 heavy (non-hydrogen) atoms. The lowest BCUT2D eigenvalue weighted by atomic mass is 10.1. The van der Waals surface area contributed by atoms with Gasteiger partial charge < -0.3 is 5.73 Å². The molecule has 1 rings (SSSR count). The van der Waals surface area contributed by atoms with Crippen LogP contribution in [0.3, 0.4) is 0 Å². The first-order valence-electron chi connectivity index (χ1n) is 4.42. The van der Waals surface area contributed by atoms with Gasteiger partial charge in [-0.15, -0.1) is 12.3 Å². The molecule has 0 spiro atoms. The van der Waals surface area contributed by atoms with Gasteiger partial charge in [-0.05, 0) is 18.6 Å². The van der Waals surface area contributed by atoms with Crippen LogP contribution in [0, 0.1) is 12.3 Å². The van der Waals surface area contributed by atoms with Crippen molar-refractivity contribution < 1.29 is 0 Å². The van der Waals surface area contributed by atoms with Crippen molar-refractivity contribution in [2.45, 2.75) is 25.3 Å². The fourth-order valence-electron chi connectivity index (χ4n) is 1.16. The van der Waals surface area contributed by atoms with Gasteiger partial charge in [0.05, 0.1) is 0 Å². The molecule has 2 heteroatoms. The molecule has 1 atom stereocenters. The molecule has 2 N–H and O–H groups in total. The summed E-state index contributed by atoms with van der Waals surface area (Å²) >= 11 is 0. The number of pyridine rings is 1. The first kappa shape index (κ1) is 9.76. The van der Waals surface area contributed by atoms with E-state index in [9.17, 15) is 0 Å². The van der Waals surface area contributed by atoms with E-state index in [1.807, 2.05) is 18.2 Å². The van der Waals surface area contributed by atoms with E-state index in [1.165, 1.54) is 0 Å². The third-order valence-corrected chi connectivity index (χ3v) is 1.86. The summed E-state index contributed by atoms with van der Waals surface area (Å²) in [4.78, 5) is 4.20. The Labute approximate surface area is 79.2 Å². The fourth-order valence-corrected chi connectivity index (χ4v) is 1.16. The second-order valence-electron chi connectivity index (χ2n) is 3.03. The van der Waals surface area contributed by atoms with Gasteiger partial charge in [-0.2, -0.15) is 0 Å². The molecule has 0 aliphatic heterocycles. The van der Waals surface area contributed by atoms with Crippen LogP contribution in [-0.4, -0.2) is 11.0 Å². The summed E-state index contributed by atoms with van der Waals surface area (Å²) in [5, 5.41) is 0. The zero-order valence-corrected chi connectivity index (χ0v) is 7.61. The lowest BCUT2D eigenvalue weighted by molar-refractivity contribution is 0.614. The Morgan fingerprint density at radius 3 is 3.00 bits per heavy atom. The van der Waals surface area contributed by atoms with E-state index in [1.54, 1.807) is 6.20 Å². The monoisotopic (exact) mass is 174 g/mol. The number of terminal acetylenes is 1. The van der Waals surface area contributed by atoms with Crippen molar-refractivity contribution in [1.82, 2.24) is 4.98 Å². The molecule has 0 saturated carbocycles. The van der Waals surface area contributed by atoms with Gasteiger partial charge in [-0.1, -0.05) is 6.07 Å². The number of hydrogen-bond donors (Lipinski definition) is 1. The van der Waals surface area contributed by atoms with Gasteiger partial charge in [0.25, 0.3) is 0 Å². The Hall–Kier alpha value is -1.33. The van der Waals surface area contributed by atoms with Crippen molar-refractivity contribution in [2.24, 2.45) is 5.73 Å². The number of rotatable bonds is 4. The van der Waals surface area contributed by atoms with Crippen LogP contribution >= 0.6 is 0 Å². The van der Waals surface area contributed by atoms with E-state index < -0.39 is 0 Å². The second kappa shape index (κ2) is 5.34. The molecule has 68 valence electrons. The first-order chi connectivity index (χ1) is 6.33. The zero-order valence-electron chi connectivity index (χ0n) is 7.61. The van der Waals surface area contributed by atoms with Crippen LogP contribution < -0.4 is 5.73 Å². The molecule has 0 radical (unpaired) electrons. The molecular formula is C11H14N2. The molecule has 0 saturated heterocycles. The van der Waals surface area contributed by atoms with Crippen molar-refractivity contribution in [3.8, 4) is 12.3 Å². The highest BCUT2D eigenvalue weighted by Gasteiger charge is 2.02. The average molecular weight is 174 g/mol. The van der Waals surface area contributed by atoms with Crippen LogP contribution in [0.15, 0.2) is 24.4 Å². The van der Waals surface area contributed by atoms with Gasteiger partial charge in [-0.25, -0.2) is 0 Å². The quantitative estimate of drug-likeness (QED) is 0.700. The average Bonchev–Trinajstić information content (AvgIpc) is 2.16. The Balaban J connectivity index is 2.37. The summed E-state index contributed by atoms with van der Waals surface area (Å²) in [6, 6.07) is 5.98. The molecule has 0 aromatic carbocycles. The van der Waals surface area contributed by atoms with Gasteiger partial charge >= 0.3 is 0 Å². The highest BCUT2D eigenvalue weighted by molar-refractivity contribution is 5.05. The molecular weight excluding hydrogens is 160 g/mol. The van der Waals surface area contributed by atoms with Crippen LogP contribution in [0.1, 0.15) is 18.5 Å². The normalized spacial score (nSPS) is 12.0. The summed E-state index contributed by atoms with van der Waals surface area (Å²) in [5.74, 6) is 2.58. The molecule has 0 bridgehead atoms. The van der Waals surface area contributed by atoms with Gasteiger partial charge in [-0.3, -0.25) is 4.98 Å². The first-order valence-corrected chi connectivity index (χ1v) is 4.42. The molecule has 1 aromatic rings. The van der Waals surface area contributed by atoms with E-state index in [0.717, 1.165) is 25.0 Å². The second-order valence-corrected chi connectivity index (χ2v) is 3.03. The summed E-state index contributed by atoms with van der Waals surface area (Å²) in [5.41, 5.74) is 6.89. The van der Waals surface area contributed by atoms with Gasteiger partial charge in [0.2, 0.25) is 0 Å². The minimum absolute atomic E-state index is 0.131. The van der Waals surface area contributed by atoms with E-state index in [-0.39, 0.29) is 6.04 Å². The van der Waals surface area contributed by atoms with E-state index in [0.29, 0.717) is 0 Å². The van der Waals surface area contributed by atoms with Crippen LogP contribution in [0.5, 0.6) is 0 Å². The maximum absolute atomic E-state index is 5.86. The molecule has 0 aliphatic rings. The SMILES string of the molecule is C#CCCC(N)Cc1ccccn1. The third-order valence-electron chi connectivity index (χ3n) is 1.86. The van der Waals surface area contributed by atoms with Gasteiger partial charge in [0.1, 0.15) is 0 Å². The number of aromatic nitrogens is 1. The number of hydrogen-bond acceptors (Lipinski definition) is 2. The lowest BCUT2D eigenvalue weighted by Crippen LogP contribution is -2.22. The molecule has 1 heterocycles. The molecule has 1 aromatic heterocycles. The summed E-state index contributed by atoms with van der Waals surface area (Å²) in [6.07, 6.45) is 9.35. The van der Waals surface area contributed by atoms with Crippen molar-refractivity contribution >= 4 is 0 Å². The predicted molar refractivity (Wildman–Crippen MR) is 54.0 cm³/mol. The van der Waals surface area contributed by atoms with Crippen molar-refractivity contribution in [1.29, 1.82) is 0 Å². The van der Waals surface area contributed by atoms with Crippen molar-refractivity contribution in [3.05, 3.63) is 30.1 Å². The summed E-state index contributed by atoms with van der Waals surface area (Å²) in [7, 11) is 0. The molecule has 0 amide bonds. The molecule has 0 aliphatic carbocycles. The maximum Gasteiger partial charge on any atom is 0.0419 e. The summed E-state index contributed by atoms with van der Waals surface area (Å²) < 4.78 is 0. The topological polar surface area (TPSA) is 38.9 Å². The number of nitrogens with two attached hydrogens (primary N) is 1. The number of nitrogens with zero attached hydrogens (tertiary/aromatic N) is 1. The minimum atomic E-state index is 0.131. The molecule has 0 fully saturated rings. The fraction of sp³-hybridized carbons (Fsp3) is 0.364.